The summed E-state index contributed by atoms with van der Waals surface area (Å²) in [6.45, 7) is 6.31. The topological polar surface area (TPSA) is 55.6 Å². The van der Waals surface area contributed by atoms with Gasteiger partial charge in [-0.05, 0) is 6.07 Å². The van der Waals surface area contributed by atoms with Crippen molar-refractivity contribution in [2.45, 2.75) is 26.2 Å². The van der Waals surface area contributed by atoms with Gasteiger partial charge in [-0.3, -0.25) is 0 Å². The van der Waals surface area contributed by atoms with E-state index < -0.39 is 0 Å². The van der Waals surface area contributed by atoms with Crippen LogP contribution in [-0.2, 0) is 5.41 Å². The Morgan fingerprint density at radius 1 is 1.10 bits per heavy atom. The van der Waals surface area contributed by atoms with Crippen molar-refractivity contribution in [3.8, 4) is 5.82 Å². The van der Waals surface area contributed by atoms with Gasteiger partial charge in [0.15, 0.2) is 5.82 Å². The molecule has 0 saturated carbocycles. The molecule has 1 N–H and O–H groups in total. The highest BCUT2D eigenvalue weighted by molar-refractivity contribution is 5.79. The minimum absolute atomic E-state index is 0.120. The van der Waals surface area contributed by atoms with Gasteiger partial charge in [-0.25, -0.2) is 14.6 Å². The Balaban J connectivity index is 2.22. The highest BCUT2D eigenvalue weighted by atomic mass is 15.3. The minimum atomic E-state index is -0.120. The number of anilines is 1. The van der Waals surface area contributed by atoms with E-state index in [0.29, 0.717) is 0 Å². The lowest BCUT2D eigenvalue weighted by Crippen LogP contribution is -2.18. The summed E-state index contributed by atoms with van der Waals surface area (Å²) in [6, 6.07) is 10.0. The van der Waals surface area contributed by atoms with Gasteiger partial charge in [-0.2, -0.15) is 5.10 Å². The number of hydrogen-bond donors (Lipinski definition) is 1. The lowest BCUT2D eigenvalue weighted by atomic mass is 9.96. The van der Waals surface area contributed by atoms with Crippen LogP contribution in [0.5, 0.6) is 0 Å². The fourth-order valence-electron chi connectivity index (χ4n) is 2.16. The first-order valence-corrected chi connectivity index (χ1v) is 6.99. The van der Waals surface area contributed by atoms with Gasteiger partial charge < -0.3 is 5.32 Å². The molecule has 0 fully saturated rings. The van der Waals surface area contributed by atoms with E-state index in [2.05, 4.69) is 36.2 Å². The Bertz CT molecular complexity index is 783. The van der Waals surface area contributed by atoms with E-state index >= 15 is 0 Å². The largest absolute Gasteiger partial charge is 0.373 e. The molecule has 0 aliphatic carbocycles. The normalized spacial score (nSPS) is 11.8. The zero-order chi connectivity index (χ0) is 15.0. The second-order valence-electron chi connectivity index (χ2n) is 6.05. The molecule has 0 saturated heterocycles. The first-order chi connectivity index (χ1) is 9.99. The van der Waals surface area contributed by atoms with Crippen LogP contribution >= 0.6 is 0 Å². The number of benzene rings is 1. The van der Waals surface area contributed by atoms with Crippen molar-refractivity contribution in [1.82, 2.24) is 19.7 Å². The number of para-hydroxylation sites is 1. The van der Waals surface area contributed by atoms with Crippen LogP contribution in [0.4, 0.5) is 5.82 Å². The molecular weight excluding hydrogens is 262 g/mol. The van der Waals surface area contributed by atoms with E-state index in [1.807, 2.05) is 48.3 Å². The molecule has 0 unspecified atom stereocenters. The van der Waals surface area contributed by atoms with Crippen molar-refractivity contribution in [3.63, 3.8) is 0 Å². The Morgan fingerprint density at radius 2 is 1.86 bits per heavy atom. The van der Waals surface area contributed by atoms with Crippen molar-refractivity contribution in [1.29, 1.82) is 0 Å². The molecule has 0 spiro atoms. The van der Waals surface area contributed by atoms with Gasteiger partial charge in [0.1, 0.15) is 11.6 Å². The maximum Gasteiger partial charge on any atom is 0.159 e. The lowest BCUT2D eigenvalue weighted by molar-refractivity contribution is 0.543. The molecule has 0 bridgehead atoms. The van der Waals surface area contributed by atoms with Gasteiger partial charge >= 0.3 is 0 Å². The first-order valence-electron chi connectivity index (χ1n) is 6.99. The molecule has 0 radical (unpaired) electrons. The number of rotatable bonds is 2. The van der Waals surface area contributed by atoms with Crippen LogP contribution in [0.25, 0.3) is 16.7 Å². The maximum atomic E-state index is 4.69. The molecule has 108 valence electrons. The van der Waals surface area contributed by atoms with Gasteiger partial charge in [0, 0.05) is 23.9 Å². The van der Waals surface area contributed by atoms with Crippen molar-refractivity contribution >= 4 is 16.7 Å². The summed E-state index contributed by atoms with van der Waals surface area (Å²) in [5.41, 5.74) is 0.919. The fraction of sp³-hybridized carbons (Fsp3) is 0.312. The average molecular weight is 281 g/mol. The highest BCUT2D eigenvalue weighted by Crippen LogP contribution is 2.23. The second kappa shape index (κ2) is 4.84. The summed E-state index contributed by atoms with van der Waals surface area (Å²) in [5.74, 6) is 2.37. The molecule has 0 atom stereocenters. The Kier molecular flexibility index (Phi) is 3.12. The van der Waals surface area contributed by atoms with E-state index in [0.717, 1.165) is 28.4 Å². The predicted octanol–water partition coefficient (Wildman–Crippen LogP) is 3.15. The number of nitrogens with one attached hydrogen (secondary N) is 1. The van der Waals surface area contributed by atoms with Crippen molar-refractivity contribution in [2.24, 2.45) is 0 Å². The minimum Gasteiger partial charge on any atom is -0.373 e. The summed E-state index contributed by atoms with van der Waals surface area (Å²) in [4.78, 5) is 9.24. The molecule has 0 amide bonds. The first kappa shape index (κ1) is 13.5. The van der Waals surface area contributed by atoms with Gasteiger partial charge in [0.25, 0.3) is 0 Å². The molecule has 0 aliphatic heterocycles. The van der Waals surface area contributed by atoms with Gasteiger partial charge in [-0.15, -0.1) is 0 Å². The van der Waals surface area contributed by atoms with Gasteiger partial charge in [0.2, 0.25) is 0 Å². The van der Waals surface area contributed by atoms with E-state index in [1.165, 1.54) is 0 Å². The smallest absolute Gasteiger partial charge is 0.159 e. The van der Waals surface area contributed by atoms with Crippen LogP contribution < -0.4 is 5.32 Å². The third kappa shape index (κ3) is 2.46. The van der Waals surface area contributed by atoms with Gasteiger partial charge in [0.05, 0.1) is 11.7 Å². The third-order valence-corrected chi connectivity index (χ3v) is 3.33. The Morgan fingerprint density at radius 3 is 2.57 bits per heavy atom. The molecule has 2 heterocycles. The van der Waals surface area contributed by atoms with E-state index in [4.69, 9.17) is 4.98 Å². The average Bonchev–Trinajstić information content (AvgIpc) is 2.89. The molecule has 0 aliphatic rings. The monoisotopic (exact) mass is 281 g/mol. The third-order valence-electron chi connectivity index (χ3n) is 3.33. The fourth-order valence-corrected chi connectivity index (χ4v) is 2.16. The SMILES string of the molecule is CNc1cc(-n2ncc3ccccc32)nc(C(C)(C)C)n1. The van der Waals surface area contributed by atoms with E-state index in [1.54, 1.807) is 0 Å². The number of hydrogen-bond acceptors (Lipinski definition) is 4. The van der Waals surface area contributed by atoms with E-state index in [9.17, 15) is 0 Å². The van der Waals surface area contributed by atoms with Crippen LogP contribution in [0.2, 0.25) is 0 Å². The second-order valence-corrected chi connectivity index (χ2v) is 6.05. The molecule has 2 aromatic heterocycles. The van der Waals surface area contributed by atoms with Gasteiger partial charge in [-0.1, -0.05) is 39.0 Å². The van der Waals surface area contributed by atoms with E-state index in [-0.39, 0.29) is 5.41 Å². The number of fused-ring (bicyclic) bond motifs is 1. The zero-order valence-electron chi connectivity index (χ0n) is 12.8. The van der Waals surface area contributed by atoms with Crippen LogP contribution in [0.15, 0.2) is 36.5 Å². The van der Waals surface area contributed by atoms with Crippen molar-refractivity contribution in [3.05, 3.63) is 42.4 Å². The molecule has 21 heavy (non-hydrogen) atoms. The standard InChI is InChI=1S/C16H19N5/c1-16(2,3)15-19-13(17-4)9-14(20-15)21-12-8-6-5-7-11(12)10-18-21/h5-10H,1-4H3,(H,17,19,20). The van der Waals surface area contributed by atoms with Crippen molar-refractivity contribution < 1.29 is 0 Å². The van der Waals surface area contributed by atoms with Crippen LogP contribution in [0, 0.1) is 0 Å². The van der Waals surface area contributed by atoms with Crippen LogP contribution in [-0.4, -0.2) is 26.8 Å². The zero-order valence-corrected chi connectivity index (χ0v) is 12.8. The summed E-state index contributed by atoms with van der Waals surface area (Å²) >= 11 is 0. The number of nitrogens with zero attached hydrogens (tertiary/aromatic N) is 4. The highest BCUT2D eigenvalue weighted by Gasteiger charge is 2.20. The summed E-state index contributed by atoms with van der Waals surface area (Å²) < 4.78 is 1.85. The molecule has 5 nitrogen and oxygen atoms in total. The molecule has 3 aromatic rings. The summed E-state index contributed by atoms with van der Waals surface area (Å²) in [5, 5.41) is 8.66. The maximum absolute atomic E-state index is 4.69. The Hall–Kier alpha value is -2.43. The molecule has 1 aromatic carbocycles. The predicted molar refractivity (Wildman–Crippen MR) is 84.9 cm³/mol. The number of aromatic nitrogens is 4. The molecular formula is C16H19N5. The molecule has 5 heteroatoms. The van der Waals surface area contributed by atoms with Crippen LogP contribution in [0.1, 0.15) is 26.6 Å². The summed E-state index contributed by atoms with van der Waals surface area (Å²) in [6.07, 6.45) is 1.85. The summed E-state index contributed by atoms with van der Waals surface area (Å²) in [7, 11) is 1.86. The molecule has 3 rings (SSSR count). The van der Waals surface area contributed by atoms with Crippen LogP contribution in [0.3, 0.4) is 0 Å². The lowest BCUT2D eigenvalue weighted by Gasteiger charge is -2.18. The van der Waals surface area contributed by atoms with Crippen molar-refractivity contribution in [2.75, 3.05) is 12.4 Å². The Labute approximate surface area is 124 Å². The quantitative estimate of drug-likeness (QED) is 0.784.